The summed E-state index contributed by atoms with van der Waals surface area (Å²) in [5, 5.41) is 13.7. The molecule has 2 aliphatic heterocycles. The number of carbonyl (C=O) groups is 1. The summed E-state index contributed by atoms with van der Waals surface area (Å²) in [5.41, 5.74) is 0.168. The number of aliphatic hydroxyl groups is 1. The van der Waals surface area contributed by atoms with Gasteiger partial charge in [-0.05, 0) is 30.5 Å². The van der Waals surface area contributed by atoms with Crippen molar-refractivity contribution in [1.82, 2.24) is 9.55 Å². The molecule has 0 radical (unpaired) electrons. The van der Waals surface area contributed by atoms with Gasteiger partial charge in [-0.2, -0.15) is 8.42 Å². The van der Waals surface area contributed by atoms with Gasteiger partial charge in [-0.1, -0.05) is 13.8 Å². The number of benzene rings is 1. The average molecular weight is 497 g/mol. The molecule has 0 saturated heterocycles. The van der Waals surface area contributed by atoms with E-state index in [2.05, 4.69) is 19.4 Å². The normalized spacial score (nSPS) is 21.8. The van der Waals surface area contributed by atoms with Crippen LogP contribution in [0.4, 0.5) is 17.3 Å². The SMILES string of the molecule is CC(C)CCN1C(=O)[C@H](C2=NS(=O)(=O)c3cc(NS(C)(=O)=O)ccc3N2)C(O)n2ccnc21. The predicted octanol–water partition coefficient (Wildman–Crippen LogP) is 0.967. The van der Waals surface area contributed by atoms with E-state index < -0.39 is 38.1 Å². The van der Waals surface area contributed by atoms with Gasteiger partial charge >= 0.3 is 0 Å². The molecule has 33 heavy (non-hydrogen) atoms. The Morgan fingerprint density at radius 2 is 2.03 bits per heavy atom. The highest BCUT2D eigenvalue weighted by Crippen LogP contribution is 2.37. The topological polar surface area (TPSA) is 163 Å². The first kappa shape index (κ1) is 23.2. The standard InChI is InChI=1S/C19H24N6O6S2/c1-11(2)6-8-24-17(26)15(18(27)25-9-7-20-19(24)25)16-21-13-5-4-12(22-32(3,28)29)10-14(13)33(30,31)23-16/h4-5,7,9-11,15,18,22,27H,6,8H2,1-3H3,(H,21,23)/t15-,18?/m0/s1. The molecular formula is C19H24N6O6S2. The van der Waals surface area contributed by atoms with Crippen molar-refractivity contribution in [2.75, 3.05) is 27.7 Å². The van der Waals surface area contributed by atoms with Crippen molar-refractivity contribution in [3.63, 3.8) is 0 Å². The van der Waals surface area contributed by atoms with Gasteiger partial charge < -0.3 is 10.4 Å². The number of imidazole rings is 1. The molecule has 3 heterocycles. The van der Waals surface area contributed by atoms with Crippen LogP contribution in [0.1, 0.15) is 26.5 Å². The van der Waals surface area contributed by atoms with Crippen LogP contribution >= 0.6 is 0 Å². The van der Waals surface area contributed by atoms with E-state index in [-0.39, 0.29) is 28.1 Å². The minimum absolute atomic E-state index is 0.0528. The molecule has 178 valence electrons. The maximum atomic E-state index is 13.4. The van der Waals surface area contributed by atoms with Crippen molar-refractivity contribution in [2.45, 2.75) is 31.4 Å². The van der Waals surface area contributed by atoms with Crippen LogP contribution in [-0.4, -0.2) is 56.0 Å². The van der Waals surface area contributed by atoms with Crippen molar-refractivity contribution in [3.05, 3.63) is 30.6 Å². The van der Waals surface area contributed by atoms with Gasteiger partial charge in [0.1, 0.15) is 16.6 Å². The number of fused-ring (bicyclic) bond motifs is 2. The molecule has 12 nitrogen and oxygen atoms in total. The van der Waals surface area contributed by atoms with Crippen LogP contribution in [0.3, 0.4) is 0 Å². The van der Waals surface area contributed by atoms with Gasteiger partial charge in [0.05, 0.1) is 11.9 Å². The third-order valence-electron chi connectivity index (χ3n) is 5.27. The molecule has 3 N–H and O–H groups in total. The number of aromatic nitrogens is 2. The van der Waals surface area contributed by atoms with Crippen LogP contribution < -0.4 is 14.9 Å². The fourth-order valence-electron chi connectivity index (χ4n) is 3.72. The van der Waals surface area contributed by atoms with E-state index in [1.807, 2.05) is 13.8 Å². The Morgan fingerprint density at radius 3 is 2.70 bits per heavy atom. The van der Waals surface area contributed by atoms with E-state index >= 15 is 0 Å². The van der Waals surface area contributed by atoms with Crippen LogP contribution in [0.2, 0.25) is 0 Å². The highest BCUT2D eigenvalue weighted by Gasteiger charge is 2.45. The molecule has 2 aliphatic rings. The number of amidine groups is 1. The summed E-state index contributed by atoms with van der Waals surface area (Å²) in [6.07, 6.45) is 3.17. The third kappa shape index (κ3) is 4.45. The van der Waals surface area contributed by atoms with Gasteiger partial charge in [0, 0.05) is 24.6 Å². The maximum Gasteiger partial charge on any atom is 0.286 e. The van der Waals surface area contributed by atoms with Gasteiger partial charge in [-0.3, -0.25) is 19.0 Å². The fraction of sp³-hybridized carbons (Fsp3) is 0.421. The molecule has 14 heteroatoms. The van der Waals surface area contributed by atoms with Crippen LogP contribution in [0.5, 0.6) is 0 Å². The molecule has 2 atom stereocenters. The first-order valence-corrected chi connectivity index (χ1v) is 13.5. The van der Waals surface area contributed by atoms with Gasteiger partial charge in [-0.15, -0.1) is 4.40 Å². The van der Waals surface area contributed by atoms with E-state index in [9.17, 15) is 26.7 Å². The van der Waals surface area contributed by atoms with Crippen molar-refractivity contribution >= 4 is 49.1 Å². The summed E-state index contributed by atoms with van der Waals surface area (Å²) in [5.74, 6) is -1.48. The second kappa shape index (κ2) is 8.11. The van der Waals surface area contributed by atoms with E-state index in [1.165, 1.54) is 34.0 Å². The summed E-state index contributed by atoms with van der Waals surface area (Å²) in [6, 6.07) is 3.89. The van der Waals surface area contributed by atoms with Crippen LogP contribution in [-0.2, 0) is 24.8 Å². The molecule has 2 aromatic rings. The van der Waals surface area contributed by atoms with Gasteiger partial charge in [-0.25, -0.2) is 13.4 Å². The van der Waals surface area contributed by atoms with Gasteiger partial charge in [0.15, 0.2) is 6.23 Å². The van der Waals surface area contributed by atoms with Crippen molar-refractivity contribution in [2.24, 2.45) is 16.2 Å². The number of amides is 1. The minimum Gasteiger partial charge on any atom is -0.372 e. The Kier molecular flexibility index (Phi) is 5.70. The zero-order valence-electron chi connectivity index (χ0n) is 18.1. The number of nitrogens with one attached hydrogen (secondary N) is 2. The molecule has 0 saturated carbocycles. The van der Waals surface area contributed by atoms with Crippen molar-refractivity contribution < 1.29 is 26.7 Å². The van der Waals surface area contributed by atoms with Gasteiger partial charge in [0.25, 0.3) is 10.0 Å². The Bertz CT molecular complexity index is 1350. The number of sulfonamides is 2. The Morgan fingerprint density at radius 1 is 1.30 bits per heavy atom. The summed E-state index contributed by atoms with van der Waals surface area (Å²) in [7, 11) is -7.91. The molecule has 1 aromatic heterocycles. The van der Waals surface area contributed by atoms with E-state index in [4.69, 9.17) is 0 Å². The molecular weight excluding hydrogens is 472 g/mol. The number of anilines is 3. The number of hydrogen-bond donors (Lipinski definition) is 3. The van der Waals surface area contributed by atoms with E-state index in [0.717, 1.165) is 12.3 Å². The summed E-state index contributed by atoms with van der Waals surface area (Å²) in [4.78, 5) is 18.7. The van der Waals surface area contributed by atoms with Crippen LogP contribution in [0, 0.1) is 11.8 Å². The number of nitrogens with zero attached hydrogens (tertiary/aromatic N) is 4. The van der Waals surface area contributed by atoms with Crippen LogP contribution in [0.15, 0.2) is 39.9 Å². The van der Waals surface area contributed by atoms with Crippen molar-refractivity contribution in [1.29, 1.82) is 0 Å². The molecule has 1 amide bonds. The number of rotatable bonds is 6. The van der Waals surface area contributed by atoms with Crippen LogP contribution in [0.25, 0.3) is 0 Å². The lowest BCUT2D eigenvalue weighted by atomic mass is 10.0. The lowest BCUT2D eigenvalue weighted by Crippen LogP contribution is -2.51. The number of hydrogen-bond acceptors (Lipinski definition) is 8. The molecule has 0 aliphatic carbocycles. The largest absolute Gasteiger partial charge is 0.372 e. The first-order chi connectivity index (χ1) is 15.4. The van der Waals surface area contributed by atoms with E-state index in [0.29, 0.717) is 18.9 Å². The Hall–Kier alpha value is -2.97. The molecule has 1 aromatic carbocycles. The predicted molar refractivity (Wildman–Crippen MR) is 122 cm³/mol. The first-order valence-electron chi connectivity index (χ1n) is 10.1. The molecule has 4 rings (SSSR count). The minimum atomic E-state index is -4.29. The highest BCUT2D eigenvalue weighted by molar-refractivity contribution is 7.92. The quantitative estimate of drug-likeness (QED) is 0.532. The lowest BCUT2D eigenvalue weighted by Gasteiger charge is -2.37. The maximum absolute atomic E-state index is 13.4. The molecule has 1 unspecified atom stereocenters. The summed E-state index contributed by atoms with van der Waals surface area (Å²) in [6.45, 7) is 4.36. The summed E-state index contributed by atoms with van der Waals surface area (Å²) >= 11 is 0. The lowest BCUT2D eigenvalue weighted by molar-refractivity contribution is -0.126. The second-order valence-corrected chi connectivity index (χ2v) is 11.7. The summed E-state index contributed by atoms with van der Waals surface area (Å²) < 4.78 is 56.2. The number of carbonyl (C=O) groups excluding carboxylic acids is 1. The molecule has 0 fully saturated rings. The third-order valence-corrected chi connectivity index (χ3v) is 7.21. The van der Waals surface area contributed by atoms with Gasteiger partial charge in [0.2, 0.25) is 21.9 Å². The smallest absolute Gasteiger partial charge is 0.286 e. The molecule has 0 spiro atoms. The Labute approximate surface area is 191 Å². The number of aliphatic hydroxyl groups excluding tert-OH is 1. The highest BCUT2D eigenvalue weighted by atomic mass is 32.2. The monoisotopic (exact) mass is 496 g/mol. The zero-order chi connectivity index (χ0) is 24.1. The zero-order valence-corrected chi connectivity index (χ0v) is 19.8. The fourth-order valence-corrected chi connectivity index (χ4v) is 5.47. The van der Waals surface area contributed by atoms with Crippen molar-refractivity contribution in [3.8, 4) is 0 Å². The average Bonchev–Trinajstić information content (AvgIpc) is 3.16. The second-order valence-electron chi connectivity index (χ2n) is 8.36. The Balaban J connectivity index is 1.72. The van der Waals surface area contributed by atoms with E-state index in [1.54, 1.807) is 0 Å². The molecule has 0 bridgehead atoms.